The number of rotatable bonds is 8. The molecule has 114 valence electrons. The molecule has 0 fully saturated rings. The van der Waals surface area contributed by atoms with Crippen LogP contribution < -0.4 is 5.32 Å². The molecule has 1 N–H and O–H groups in total. The maximum absolute atomic E-state index is 4.41. The van der Waals surface area contributed by atoms with Crippen LogP contribution in [0.3, 0.4) is 0 Å². The van der Waals surface area contributed by atoms with Gasteiger partial charge in [0.05, 0.1) is 0 Å². The van der Waals surface area contributed by atoms with Crippen LogP contribution in [0.4, 0.5) is 0 Å². The summed E-state index contributed by atoms with van der Waals surface area (Å²) in [5, 5.41) is 7.71. The van der Waals surface area contributed by atoms with Gasteiger partial charge in [-0.25, -0.2) is 9.67 Å². The predicted octanol–water partition coefficient (Wildman–Crippen LogP) is 2.09. The van der Waals surface area contributed by atoms with Crippen molar-refractivity contribution in [3.63, 3.8) is 0 Å². The van der Waals surface area contributed by atoms with Gasteiger partial charge < -0.3 is 5.32 Å². The number of aryl methyl sites for hydroxylation is 1. The van der Waals surface area contributed by atoms with E-state index in [2.05, 4.69) is 40.3 Å². The first-order valence-corrected chi connectivity index (χ1v) is 7.63. The van der Waals surface area contributed by atoms with Gasteiger partial charge in [-0.3, -0.25) is 4.98 Å². The Morgan fingerprint density at radius 1 is 1.24 bits per heavy atom. The summed E-state index contributed by atoms with van der Waals surface area (Å²) in [7, 11) is 2.01. The standard InChI is InChI=1S/C16H25N5/c1-13(2)11-21-16(19-12-20-21)10-15(17-3)8-7-14-6-4-5-9-18-14/h4-6,9,12-13,15,17H,7-8,10-11H2,1-3H3. The van der Waals surface area contributed by atoms with Crippen LogP contribution in [0.2, 0.25) is 0 Å². The highest BCUT2D eigenvalue weighted by atomic mass is 15.3. The lowest BCUT2D eigenvalue weighted by atomic mass is 10.1. The van der Waals surface area contributed by atoms with E-state index in [1.54, 1.807) is 6.33 Å². The Kier molecular flexibility index (Phi) is 5.87. The summed E-state index contributed by atoms with van der Waals surface area (Å²) in [6.45, 7) is 5.32. The van der Waals surface area contributed by atoms with Crippen LogP contribution in [0.5, 0.6) is 0 Å². The second-order valence-electron chi connectivity index (χ2n) is 5.80. The van der Waals surface area contributed by atoms with Crippen LogP contribution in [0, 0.1) is 5.92 Å². The molecule has 0 aliphatic rings. The minimum absolute atomic E-state index is 0.391. The summed E-state index contributed by atoms with van der Waals surface area (Å²) in [6, 6.07) is 6.46. The SMILES string of the molecule is CNC(CCc1ccccn1)Cc1ncnn1CC(C)C. The molecule has 5 heteroatoms. The van der Waals surface area contributed by atoms with Gasteiger partial charge in [0.1, 0.15) is 12.2 Å². The number of nitrogens with zero attached hydrogens (tertiary/aromatic N) is 4. The maximum atomic E-state index is 4.41. The van der Waals surface area contributed by atoms with Crippen molar-refractivity contribution in [2.75, 3.05) is 7.05 Å². The molecule has 21 heavy (non-hydrogen) atoms. The van der Waals surface area contributed by atoms with Gasteiger partial charge in [-0.05, 0) is 37.9 Å². The summed E-state index contributed by atoms with van der Waals surface area (Å²) in [4.78, 5) is 8.79. The van der Waals surface area contributed by atoms with E-state index in [0.717, 1.165) is 37.3 Å². The Bertz CT molecular complexity index is 520. The van der Waals surface area contributed by atoms with Crippen LogP contribution in [0.15, 0.2) is 30.7 Å². The summed E-state index contributed by atoms with van der Waals surface area (Å²) >= 11 is 0. The number of hydrogen-bond donors (Lipinski definition) is 1. The Balaban J connectivity index is 1.91. The molecule has 0 aliphatic heterocycles. The molecule has 2 aromatic rings. The van der Waals surface area contributed by atoms with E-state index in [-0.39, 0.29) is 0 Å². The van der Waals surface area contributed by atoms with Crippen LogP contribution in [-0.2, 0) is 19.4 Å². The summed E-state index contributed by atoms with van der Waals surface area (Å²) in [5.74, 6) is 1.64. The molecule has 1 atom stereocenters. The van der Waals surface area contributed by atoms with Gasteiger partial charge in [-0.15, -0.1) is 0 Å². The average Bonchev–Trinajstić information content (AvgIpc) is 2.90. The molecule has 0 spiro atoms. The molecule has 0 saturated heterocycles. The highest BCUT2D eigenvalue weighted by molar-refractivity contribution is 5.04. The average molecular weight is 287 g/mol. The largest absolute Gasteiger partial charge is 0.317 e. The van der Waals surface area contributed by atoms with Gasteiger partial charge in [0.15, 0.2) is 0 Å². The first kappa shape index (κ1) is 15.6. The van der Waals surface area contributed by atoms with Crippen molar-refractivity contribution in [1.29, 1.82) is 0 Å². The van der Waals surface area contributed by atoms with Crippen molar-refractivity contribution in [2.24, 2.45) is 5.92 Å². The number of hydrogen-bond acceptors (Lipinski definition) is 4. The predicted molar refractivity (Wildman–Crippen MR) is 84.0 cm³/mol. The minimum atomic E-state index is 0.391. The van der Waals surface area contributed by atoms with Gasteiger partial charge in [0.25, 0.3) is 0 Å². The number of aromatic nitrogens is 4. The van der Waals surface area contributed by atoms with Crippen LogP contribution in [0.25, 0.3) is 0 Å². The summed E-state index contributed by atoms with van der Waals surface area (Å²) in [5.41, 5.74) is 1.14. The monoisotopic (exact) mass is 287 g/mol. The molecule has 0 aromatic carbocycles. The Morgan fingerprint density at radius 3 is 2.76 bits per heavy atom. The maximum Gasteiger partial charge on any atom is 0.138 e. The Hall–Kier alpha value is -1.75. The molecule has 1 unspecified atom stereocenters. The molecular weight excluding hydrogens is 262 g/mol. The zero-order chi connectivity index (χ0) is 15.1. The molecule has 0 amide bonds. The zero-order valence-electron chi connectivity index (χ0n) is 13.2. The van der Waals surface area contributed by atoms with Gasteiger partial charge >= 0.3 is 0 Å². The normalized spacial score (nSPS) is 12.8. The Morgan fingerprint density at radius 2 is 2.10 bits per heavy atom. The van der Waals surface area contributed by atoms with Gasteiger partial charge in [-0.1, -0.05) is 19.9 Å². The van der Waals surface area contributed by atoms with Crippen molar-refractivity contribution in [3.8, 4) is 0 Å². The number of pyridine rings is 1. The molecule has 0 bridgehead atoms. The Labute approximate surface area is 126 Å². The van der Waals surface area contributed by atoms with Crippen molar-refractivity contribution < 1.29 is 0 Å². The van der Waals surface area contributed by atoms with Crippen LogP contribution in [-0.4, -0.2) is 32.8 Å². The third kappa shape index (κ3) is 4.93. The van der Waals surface area contributed by atoms with E-state index in [4.69, 9.17) is 0 Å². The van der Waals surface area contributed by atoms with E-state index in [1.807, 2.05) is 30.1 Å². The second kappa shape index (κ2) is 7.88. The molecule has 5 nitrogen and oxygen atoms in total. The fourth-order valence-corrected chi connectivity index (χ4v) is 2.38. The quantitative estimate of drug-likeness (QED) is 0.808. The topological polar surface area (TPSA) is 55.6 Å². The third-order valence-corrected chi connectivity index (χ3v) is 3.55. The molecule has 0 saturated carbocycles. The van der Waals surface area contributed by atoms with Gasteiger partial charge in [0, 0.05) is 30.9 Å². The summed E-state index contributed by atoms with van der Waals surface area (Å²) in [6.07, 6.45) is 6.43. The molecular formula is C16H25N5. The van der Waals surface area contributed by atoms with Gasteiger partial charge in [0.2, 0.25) is 0 Å². The van der Waals surface area contributed by atoms with E-state index in [0.29, 0.717) is 12.0 Å². The number of nitrogens with one attached hydrogen (secondary N) is 1. The van der Waals surface area contributed by atoms with Crippen molar-refractivity contribution in [1.82, 2.24) is 25.1 Å². The fraction of sp³-hybridized carbons (Fsp3) is 0.562. The highest BCUT2D eigenvalue weighted by Crippen LogP contribution is 2.08. The highest BCUT2D eigenvalue weighted by Gasteiger charge is 2.13. The van der Waals surface area contributed by atoms with E-state index < -0.39 is 0 Å². The molecule has 0 aliphatic carbocycles. The third-order valence-electron chi connectivity index (χ3n) is 3.55. The first-order valence-electron chi connectivity index (χ1n) is 7.63. The molecule has 0 radical (unpaired) electrons. The van der Waals surface area contributed by atoms with Crippen LogP contribution >= 0.6 is 0 Å². The van der Waals surface area contributed by atoms with E-state index >= 15 is 0 Å². The number of likely N-dealkylation sites (N-methyl/N-ethyl adjacent to an activating group) is 1. The van der Waals surface area contributed by atoms with Crippen molar-refractivity contribution in [3.05, 3.63) is 42.2 Å². The zero-order valence-corrected chi connectivity index (χ0v) is 13.2. The smallest absolute Gasteiger partial charge is 0.138 e. The van der Waals surface area contributed by atoms with Crippen molar-refractivity contribution >= 4 is 0 Å². The molecule has 2 heterocycles. The lowest BCUT2D eigenvalue weighted by molar-refractivity contribution is 0.440. The first-order chi connectivity index (χ1) is 10.2. The molecule has 2 rings (SSSR count). The van der Waals surface area contributed by atoms with Crippen LogP contribution in [0.1, 0.15) is 31.8 Å². The van der Waals surface area contributed by atoms with E-state index in [9.17, 15) is 0 Å². The van der Waals surface area contributed by atoms with Gasteiger partial charge in [-0.2, -0.15) is 5.10 Å². The van der Waals surface area contributed by atoms with Crippen molar-refractivity contribution in [2.45, 2.75) is 45.7 Å². The minimum Gasteiger partial charge on any atom is -0.317 e. The van der Waals surface area contributed by atoms with E-state index in [1.165, 1.54) is 0 Å². The summed E-state index contributed by atoms with van der Waals surface area (Å²) < 4.78 is 2.02. The fourth-order valence-electron chi connectivity index (χ4n) is 2.38. The molecule has 2 aromatic heterocycles. The lowest BCUT2D eigenvalue weighted by Gasteiger charge is -2.16. The lowest BCUT2D eigenvalue weighted by Crippen LogP contribution is -2.30. The second-order valence-corrected chi connectivity index (χ2v) is 5.80.